The summed E-state index contributed by atoms with van der Waals surface area (Å²) in [5.74, 6) is 0.717. The van der Waals surface area contributed by atoms with E-state index in [-0.39, 0.29) is 29.9 Å². The smallest absolute Gasteiger partial charge is 0.497 e. The molecule has 0 atom stereocenters. The van der Waals surface area contributed by atoms with Crippen LogP contribution in [0.5, 0.6) is 11.5 Å². The minimum absolute atomic E-state index is 0.0699. The maximum atomic E-state index is 13.0. The molecule has 0 aliphatic rings. The standard InChI is InChI=1S/C22H19F3N4O4/c1-28-19-18(20(30)29(21(28)31)12-14-5-7-15(32-2)8-6-14)26-17(27-19)11-13-3-9-16(10-4-13)33-22(23,24)25/h3-10H,11-12H2,1-2H3,(H,26,27). The molecule has 2 aromatic heterocycles. The van der Waals surface area contributed by atoms with Gasteiger partial charge in [-0.25, -0.2) is 9.78 Å². The molecule has 0 aliphatic heterocycles. The van der Waals surface area contributed by atoms with Gasteiger partial charge in [0.25, 0.3) is 5.56 Å². The Morgan fingerprint density at radius 1 is 0.970 bits per heavy atom. The van der Waals surface area contributed by atoms with Crippen LogP contribution in [-0.2, 0) is 20.0 Å². The number of ether oxygens (including phenoxy) is 2. The molecule has 11 heteroatoms. The molecule has 0 bridgehead atoms. The van der Waals surface area contributed by atoms with Gasteiger partial charge in [-0.2, -0.15) is 0 Å². The van der Waals surface area contributed by atoms with E-state index in [1.165, 1.54) is 35.9 Å². The van der Waals surface area contributed by atoms with Crippen molar-refractivity contribution in [2.24, 2.45) is 7.05 Å². The molecular formula is C22H19F3N4O4. The van der Waals surface area contributed by atoms with Crippen molar-refractivity contribution in [3.63, 3.8) is 0 Å². The van der Waals surface area contributed by atoms with Crippen LogP contribution < -0.4 is 20.7 Å². The van der Waals surface area contributed by atoms with Crippen molar-refractivity contribution in [1.82, 2.24) is 19.1 Å². The van der Waals surface area contributed by atoms with Crippen LogP contribution in [0.15, 0.2) is 58.1 Å². The molecule has 0 unspecified atom stereocenters. The summed E-state index contributed by atoms with van der Waals surface area (Å²) in [7, 11) is 3.06. The molecule has 0 saturated carbocycles. The van der Waals surface area contributed by atoms with Crippen LogP contribution in [0.2, 0.25) is 0 Å². The first-order valence-corrected chi connectivity index (χ1v) is 9.80. The number of halogens is 3. The van der Waals surface area contributed by atoms with Gasteiger partial charge in [-0.1, -0.05) is 24.3 Å². The van der Waals surface area contributed by atoms with Crippen molar-refractivity contribution in [2.75, 3.05) is 7.11 Å². The highest BCUT2D eigenvalue weighted by Crippen LogP contribution is 2.23. The van der Waals surface area contributed by atoms with E-state index in [4.69, 9.17) is 4.74 Å². The summed E-state index contributed by atoms with van der Waals surface area (Å²) in [5.41, 5.74) is 0.717. The minimum atomic E-state index is -4.77. The highest BCUT2D eigenvalue weighted by molar-refractivity contribution is 5.69. The monoisotopic (exact) mass is 460 g/mol. The van der Waals surface area contributed by atoms with E-state index < -0.39 is 17.6 Å². The maximum absolute atomic E-state index is 13.0. The molecule has 0 saturated heterocycles. The number of aromatic amines is 1. The van der Waals surface area contributed by atoms with Crippen molar-refractivity contribution in [3.8, 4) is 11.5 Å². The van der Waals surface area contributed by atoms with Crippen molar-refractivity contribution in [1.29, 1.82) is 0 Å². The third-order valence-electron chi connectivity index (χ3n) is 5.06. The van der Waals surface area contributed by atoms with Crippen molar-refractivity contribution < 1.29 is 22.6 Å². The van der Waals surface area contributed by atoms with E-state index in [2.05, 4.69) is 14.7 Å². The average molecular weight is 460 g/mol. The third-order valence-corrected chi connectivity index (χ3v) is 5.06. The fraction of sp³-hybridized carbons (Fsp3) is 0.227. The Kier molecular flexibility index (Phi) is 5.71. The summed E-state index contributed by atoms with van der Waals surface area (Å²) < 4.78 is 48.3. The van der Waals surface area contributed by atoms with E-state index in [9.17, 15) is 22.8 Å². The molecule has 0 radical (unpaired) electrons. The second kappa shape index (κ2) is 8.49. The van der Waals surface area contributed by atoms with Gasteiger partial charge < -0.3 is 14.5 Å². The summed E-state index contributed by atoms with van der Waals surface area (Å²) in [4.78, 5) is 33.1. The summed E-state index contributed by atoms with van der Waals surface area (Å²) in [5, 5.41) is 0. The largest absolute Gasteiger partial charge is 0.573 e. The first-order valence-electron chi connectivity index (χ1n) is 9.80. The van der Waals surface area contributed by atoms with Gasteiger partial charge in [0.15, 0.2) is 5.65 Å². The number of fused-ring (bicyclic) bond motifs is 1. The van der Waals surface area contributed by atoms with E-state index >= 15 is 0 Å². The van der Waals surface area contributed by atoms with Crippen LogP contribution >= 0.6 is 0 Å². The van der Waals surface area contributed by atoms with Gasteiger partial charge in [0.1, 0.15) is 22.8 Å². The van der Waals surface area contributed by atoms with Crippen LogP contribution in [0.3, 0.4) is 0 Å². The number of H-pyrrole nitrogens is 1. The summed E-state index contributed by atoms with van der Waals surface area (Å²) in [6.45, 7) is 0.0699. The number of nitrogens with one attached hydrogen (secondary N) is 1. The fourth-order valence-electron chi connectivity index (χ4n) is 3.44. The van der Waals surface area contributed by atoms with E-state index in [0.29, 0.717) is 17.1 Å². The number of alkyl halides is 3. The quantitative estimate of drug-likeness (QED) is 0.478. The first kappa shape index (κ1) is 22.2. The van der Waals surface area contributed by atoms with Crippen LogP contribution in [0, 0.1) is 0 Å². The number of nitrogens with zero attached hydrogens (tertiary/aromatic N) is 3. The Balaban J connectivity index is 1.63. The van der Waals surface area contributed by atoms with Crippen molar-refractivity contribution in [3.05, 3.63) is 86.3 Å². The van der Waals surface area contributed by atoms with Crippen LogP contribution in [0.25, 0.3) is 11.2 Å². The molecule has 4 rings (SSSR count). The highest BCUT2D eigenvalue weighted by Gasteiger charge is 2.31. The second-order valence-corrected chi connectivity index (χ2v) is 7.33. The number of methoxy groups -OCH3 is 1. The van der Waals surface area contributed by atoms with Crippen molar-refractivity contribution in [2.45, 2.75) is 19.3 Å². The second-order valence-electron chi connectivity index (χ2n) is 7.33. The maximum Gasteiger partial charge on any atom is 0.573 e. The summed E-state index contributed by atoms with van der Waals surface area (Å²) in [6, 6.07) is 12.3. The van der Waals surface area contributed by atoms with E-state index in [1.54, 1.807) is 31.4 Å². The number of rotatable bonds is 6. The zero-order valence-electron chi connectivity index (χ0n) is 17.6. The Morgan fingerprint density at radius 2 is 1.58 bits per heavy atom. The normalized spacial score (nSPS) is 11.7. The lowest BCUT2D eigenvalue weighted by atomic mass is 10.1. The molecule has 8 nitrogen and oxygen atoms in total. The Labute approximate surface area is 184 Å². The van der Waals surface area contributed by atoms with E-state index in [0.717, 1.165) is 10.1 Å². The van der Waals surface area contributed by atoms with Gasteiger partial charge in [-0.15, -0.1) is 13.2 Å². The highest BCUT2D eigenvalue weighted by atomic mass is 19.4. The molecule has 4 aromatic rings. The molecule has 1 N–H and O–H groups in total. The number of aryl methyl sites for hydroxylation is 1. The third kappa shape index (κ3) is 4.76. The number of imidazole rings is 1. The predicted molar refractivity (Wildman–Crippen MR) is 114 cm³/mol. The summed E-state index contributed by atoms with van der Waals surface area (Å²) in [6.07, 6.45) is -4.55. The molecule has 0 spiro atoms. The Hall–Kier alpha value is -4.02. The molecule has 33 heavy (non-hydrogen) atoms. The number of hydrogen-bond acceptors (Lipinski definition) is 5. The topological polar surface area (TPSA) is 91.1 Å². The average Bonchev–Trinajstić information content (AvgIpc) is 3.20. The van der Waals surface area contributed by atoms with Crippen LogP contribution in [0.4, 0.5) is 13.2 Å². The molecule has 0 aliphatic carbocycles. The van der Waals surface area contributed by atoms with Crippen LogP contribution in [0.1, 0.15) is 17.0 Å². The molecule has 0 amide bonds. The number of hydrogen-bond donors (Lipinski definition) is 1. The fourth-order valence-corrected chi connectivity index (χ4v) is 3.44. The SMILES string of the molecule is COc1ccc(Cn2c(=O)c3[nH]c(Cc4ccc(OC(F)(F)F)cc4)nc3n(C)c2=O)cc1. The minimum Gasteiger partial charge on any atom is -0.497 e. The van der Waals surface area contributed by atoms with Gasteiger partial charge in [0.2, 0.25) is 0 Å². The molecule has 2 heterocycles. The summed E-state index contributed by atoms with van der Waals surface area (Å²) >= 11 is 0. The van der Waals surface area contributed by atoms with Gasteiger partial charge in [-0.05, 0) is 35.4 Å². The molecular weight excluding hydrogens is 441 g/mol. The lowest BCUT2D eigenvalue weighted by Crippen LogP contribution is -2.39. The van der Waals surface area contributed by atoms with Gasteiger partial charge >= 0.3 is 12.1 Å². The van der Waals surface area contributed by atoms with Gasteiger partial charge in [-0.3, -0.25) is 13.9 Å². The molecule has 172 valence electrons. The lowest BCUT2D eigenvalue weighted by Gasteiger charge is -2.08. The van der Waals surface area contributed by atoms with Crippen LogP contribution in [-0.4, -0.2) is 32.6 Å². The Bertz CT molecular complexity index is 1400. The first-order chi connectivity index (χ1) is 15.6. The lowest BCUT2D eigenvalue weighted by molar-refractivity contribution is -0.274. The zero-order valence-corrected chi connectivity index (χ0v) is 17.6. The Morgan fingerprint density at radius 3 is 2.18 bits per heavy atom. The van der Waals surface area contributed by atoms with Gasteiger partial charge in [0.05, 0.1) is 13.7 Å². The number of aromatic nitrogens is 4. The predicted octanol–water partition coefficient (Wildman–Crippen LogP) is 2.97. The molecule has 0 fully saturated rings. The number of benzene rings is 2. The van der Waals surface area contributed by atoms with Gasteiger partial charge in [0, 0.05) is 13.5 Å². The van der Waals surface area contributed by atoms with Crippen molar-refractivity contribution >= 4 is 11.2 Å². The molecule has 2 aromatic carbocycles. The zero-order chi connectivity index (χ0) is 23.8. The van der Waals surface area contributed by atoms with E-state index in [1.807, 2.05) is 0 Å².